The number of fused-ring (bicyclic) bond motifs is 7. The first-order chi connectivity index (χ1) is 31.7. The molecule has 12 rings (SSSR count). The van der Waals surface area contributed by atoms with E-state index in [1.165, 1.54) is 31.9 Å². The van der Waals surface area contributed by atoms with Crippen LogP contribution in [0.15, 0.2) is 200 Å². The van der Waals surface area contributed by atoms with Crippen molar-refractivity contribution in [3.63, 3.8) is 0 Å². The first kappa shape index (κ1) is 39.2. The van der Waals surface area contributed by atoms with Crippen LogP contribution in [0.1, 0.15) is 51.7 Å². The minimum Gasteiger partial charge on any atom is -0.278 e. The molecule has 1 aliphatic rings. The summed E-state index contributed by atoms with van der Waals surface area (Å²) in [7, 11) is -3.05. The van der Waals surface area contributed by atoms with Crippen molar-refractivity contribution >= 4 is 72.4 Å². The fourth-order valence-corrected chi connectivity index (χ4v) is 16.4. The van der Waals surface area contributed by atoms with Crippen LogP contribution in [-0.4, -0.2) is 32.2 Å². The van der Waals surface area contributed by atoms with E-state index < -0.39 is 8.07 Å². The van der Waals surface area contributed by atoms with Crippen LogP contribution in [0.25, 0.3) is 66.9 Å². The summed E-state index contributed by atoms with van der Waals surface area (Å²) in [6, 6.07) is 73.3. The van der Waals surface area contributed by atoms with Gasteiger partial charge in [-0.2, -0.15) is 15.0 Å². The topological polar surface area (TPSA) is 48.5 Å². The second-order valence-corrected chi connectivity index (χ2v) is 22.8. The third-order valence-corrected chi connectivity index (χ3v) is 19.2. The Balaban J connectivity index is 1.25. The zero-order chi connectivity index (χ0) is 43.9. The molecule has 0 fully saturated rings. The summed E-state index contributed by atoms with van der Waals surface area (Å²) in [4.78, 5) is 16.8. The standard InChI is InChI=1S/C59H49N5Si/c1-58(2)36-37-59(3,4)54-48(58)38-40(39-53(54)65(41-22-8-5-9-23-41,42-24-10-6-11-25-42)43-26-12-7-13-27-43)55-60-56(63-49-32-18-14-28-44(49)45-29-15-19-33-50(45)63)62-57(61-55)64-51-34-20-16-30-46(51)47-31-17-21-35-52(47)64/h5-35,38-39H,36-37H2,1-4H3. The normalized spacial score (nSPS) is 14.6. The molecule has 0 saturated heterocycles. The summed E-state index contributed by atoms with van der Waals surface area (Å²) in [5, 5.41) is 10.1. The van der Waals surface area contributed by atoms with Gasteiger partial charge in [0, 0.05) is 27.1 Å². The van der Waals surface area contributed by atoms with Crippen LogP contribution in [0, 0.1) is 0 Å². The van der Waals surface area contributed by atoms with Gasteiger partial charge in [-0.15, -0.1) is 0 Å². The van der Waals surface area contributed by atoms with E-state index in [9.17, 15) is 0 Å². The largest absolute Gasteiger partial charge is 0.278 e. The van der Waals surface area contributed by atoms with Gasteiger partial charge in [0.25, 0.3) is 0 Å². The highest BCUT2D eigenvalue weighted by Crippen LogP contribution is 2.47. The number of para-hydroxylation sites is 4. The van der Waals surface area contributed by atoms with Crippen LogP contribution in [0.3, 0.4) is 0 Å². The van der Waals surface area contributed by atoms with Crippen molar-refractivity contribution in [3.05, 3.63) is 211 Å². The highest BCUT2D eigenvalue weighted by atomic mass is 28.3. The highest BCUT2D eigenvalue weighted by Gasteiger charge is 2.48. The van der Waals surface area contributed by atoms with E-state index >= 15 is 0 Å². The van der Waals surface area contributed by atoms with Crippen LogP contribution in [-0.2, 0) is 10.8 Å². The lowest BCUT2D eigenvalue weighted by Crippen LogP contribution is -2.76. The molecule has 3 aromatic heterocycles. The quantitative estimate of drug-likeness (QED) is 0.119. The Morgan fingerprint density at radius 2 is 0.754 bits per heavy atom. The summed E-state index contributed by atoms with van der Waals surface area (Å²) >= 11 is 0. The van der Waals surface area contributed by atoms with Gasteiger partial charge in [0.15, 0.2) is 13.9 Å². The fourth-order valence-electron chi connectivity index (χ4n) is 11.2. The van der Waals surface area contributed by atoms with Gasteiger partial charge in [-0.05, 0) is 85.9 Å². The van der Waals surface area contributed by atoms with Gasteiger partial charge in [0.05, 0.1) is 22.1 Å². The first-order valence-corrected chi connectivity index (χ1v) is 24.8. The smallest absolute Gasteiger partial charge is 0.240 e. The molecule has 0 aliphatic heterocycles. The van der Waals surface area contributed by atoms with E-state index in [1.54, 1.807) is 0 Å². The molecule has 0 atom stereocenters. The maximum absolute atomic E-state index is 5.63. The lowest BCUT2D eigenvalue weighted by molar-refractivity contribution is 0.333. The molecular formula is C59H49N5Si. The molecule has 8 aromatic carbocycles. The predicted octanol–water partition coefficient (Wildman–Crippen LogP) is 11.5. The number of hydrogen-bond donors (Lipinski definition) is 0. The predicted molar refractivity (Wildman–Crippen MR) is 273 cm³/mol. The van der Waals surface area contributed by atoms with Crippen molar-refractivity contribution in [2.24, 2.45) is 0 Å². The Hall–Kier alpha value is -7.41. The third-order valence-electron chi connectivity index (χ3n) is 14.4. The van der Waals surface area contributed by atoms with E-state index in [0.29, 0.717) is 17.7 Å². The van der Waals surface area contributed by atoms with Gasteiger partial charge in [-0.1, -0.05) is 198 Å². The van der Waals surface area contributed by atoms with Crippen molar-refractivity contribution < 1.29 is 0 Å². The molecule has 0 unspecified atom stereocenters. The Morgan fingerprint density at radius 3 is 1.15 bits per heavy atom. The van der Waals surface area contributed by atoms with Crippen molar-refractivity contribution in [1.82, 2.24) is 24.1 Å². The van der Waals surface area contributed by atoms with Crippen molar-refractivity contribution in [2.45, 2.75) is 51.4 Å². The van der Waals surface area contributed by atoms with Crippen LogP contribution < -0.4 is 20.7 Å². The molecule has 6 heteroatoms. The van der Waals surface area contributed by atoms with E-state index in [2.05, 4.69) is 237 Å². The molecule has 0 saturated carbocycles. The van der Waals surface area contributed by atoms with Crippen LogP contribution >= 0.6 is 0 Å². The summed E-state index contributed by atoms with van der Waals surface area (Å²) in [6.07, 6.45) is 2.16. The van der Waals surface area contributed by atoms with E-state index in [4.69, 9.17) is 15.0 Å². The average molecular weight is 856 g/mol. The third kappa shape index (κ3) is 6.00. The minimum absolute atomic E-state index is 0.101. The van der Waals surface area contributed by atoms with Crippen molar-refractivity contribution in [1.29, 1.82) is 0 Å². The van der Waals surface area contributed by atoms with Crippen LogP contribution in [0.4, 0.5) is 0 Å². The van der Waals surface area contributed by atoms with Crippen LogP contribution in [0.5, 0.6) is 0 Å². The van der Waals surface area contributed by atoms with Gasteiger partial charge in [-0.25, -0.2) is 0 Å². The first-order valence-electron chi connectivity index (χ1n) is 22.8. The molecule has 11 aromatic rings. The summed E-state index contributed by atoms with van der Waals surface area (Å²) < 4.78 is 4.47. The molecule has 0 radical (unpaired) electrons. The highest BCUT2D eigenvalue weighted by molar-refractivity contribution is 7.20. The summed E-state index contributed by atoms with van der Waals surface area (Å²) in [5.41, 5.74) is 7.82. The Kier molecular flexibility index (Phi) is 8.94. The molecule has 0 amide bonds. The number of nitrogens with zero attached hydrogens (tertiary/aromatic N) is 5. The molecule has 5 nitrogen and oxygen atoms in total. The maximum atomic E-state index is 5.63. The summed E-state index contributed by atoms with van der Waals surface area (Å²) in [5.74, 6) is 1.82. The SMILES string of the molecule is CC1(C)CCC(C)(C)c2c1cc(-c1nc(-n3c4ccccc4c4ccccc43)nc(-n3c4ccccc4c4ccccc43)n1)cc2[Si](c1ccccc1)(c1ccccc1)c1ccccc1. The lowest BCUT2D eigenvalue weighted by Gasteiger charge is -2.47. The molecule has 3 heterocycles. The zero-order valence-corrected chi connectivity index (χ0v) is 38.2. The van der Waals surface area contributed by atoms with Gasteiger partial charge < -0.3 is 0 Å². The number of benzene rings is 8. The molecule has 314 valence electrons. The number of aromatic nitrogens is 5. The van der Waals surface area contributed by atoms with Crippen LogP contribution in [0.2, 0.25) is 0 Å². The average Bonchev–Trinajstić information content (AvgIpc) is 3.87. The van der Waals surface area contributed by atoms with Gasteiger partial charge in [0.2, 0.25) is 11.9 Å². The van der Waals surface area contributed by atoms with Crippen molar-refractivity contribution in [3.8, 4) is 23.3 Å². The van der Waals surface area contributed by atoms with Gasteiger partial charge in [-0.3, -0.25) is 9.13 Å². The lowest BCUT2D eigenvalue weighted by atomic mass is 9.63. The second-order valence-electron chi connectivity index (χ2n) is 19.1. The molecule has 0 bridgehead atoms. The second kappa shape index (κ2) is 14.8. The van der Waals surface area contributed by atoms with E-state index in [1.807, 2.05) is 0 Å². The Bertz CT molecular complexity index is 3270. The Labute approximate surface area is 380 Å². The monoisotopic (exact) mass is 855 g/mol. The summed E-state index contributed by atoms with van der Waals surface area (Å²) in [6.45, 7) is 9.81. The number of hydrogen-bond acceptors (Lipinski definition) is 3. The Morgan fingerprint density at radius 1 is 0.400 bits per heavy atom. The molecule has 0 N–H and O–H groups in total. The molecule has 0 spiro atoms. The zero-order valence-electron chi connectivity index (χ0n) is 37.2. The fraction of sp³-hybridized carbons (Fsp3) is 0.136. The van der Waals surface area contributed by atoms with E-state index in [-0.39, 0.29) is 10.8 Å². The molecular weight excluding hydrogens is 807 g/mol. The van der Waals surface area contributed by atoms with Gasteiger partial charge in [0.1, 0.15) is 0 Å². The van der Waals surface area contributed by atoms with Crippen molar-refractivity contribution in [2.75, 3.05) is 0 Å². The van der Waals surface area contributed by atoms with Gasteiger partial charge >= 0.3 is 0 Å². The maximum Gasteiger partial charge on any atom is 0.240 e. The number of rotatable bonds is 7. The minimum atomic E-state index is -3.05. The molecule has 65 heavy (non-hydrogen) atoms. The van der Waals surface area contributed by atoms with E-state index in [0.717, 1.165) is 62.0 Å². The molecule has 1 aliphatic carbocycles.